The quantitative estimate of drug-likeness (QED) is 0.315. The lowest BCUT2D eigenvalue weighted by atomic mass is 10.1. The third kappa shape index (κ3) is 1.99. The minimum absolute atomic E-state index is 0.659. The van der Waals surface area contributed by atoms with Crippen LogP contribution in [0.15, 0.2) is 23.4 Å². The molecular weight excluding hydrogens is 164 g/mol. The molecule has 0 radical (unpaired) electrons. The van der Waals surface area contributed by atoms with Crippen molar-refractivity contribution in [3.63, 3.8) is 0 Å². The van der Waals surface area contributed by atoms with Crippen LogP contribution in [-0.4, -0.2) is 10.9 Å². The molecule has 70 valence electrons. The molecule has 0 fully saturated rings. The van der Waals surface area contributed by atoms with E-state index in [1.807, 2.05) is 32.0 Å². The van der Waals surface area contributed by atoms with Crippen LogP contribution in [0.3, 0.4) is 0 Å². The van der Waals surface area contributed by atoms with Crippen LogP contribution in [0.2, 0.25) is 0 Å². The summed E-state index contributed by atoms with van der Waals surface area (Å²) in [7, 11) is 0. The van der Waals surface area contributed by atoms with Crippen molar-refractivity contribution >= 4 is 11.4 Å². The Bertz CT molecular complexity index is 332. The fraction of sp³-hybridized carbons (Fsp3) is 0.300. The topological polar surface area (TPSA) is 58.6 Å². The lowest BCUT2D eigenvalue weighted by molar-refractivity contribution is 0.318. The summed E-state index contributed by atoms with van der Waals surface area (Å²) in [6.07, 6.45) is 0.693. The van der Waals surface area contributed by atoms with Gasteiger partial charge >= 0.3 is 0 Å². The van der Waals surface area contributed by atoms with Gasteiger partial charge in [0.25, 0.3) is 0 Å². The fourth-order valence-electron chi connectivity index (χ4n) is 1.15. The van der Waals surface area contributed by atoms with Crippen LogP contribution >= 0.6 is 0 Å². The summed E-state index contributed by atoms with van der Waals surface area (Å²) in [6.45, 7) is 3.88. The molecule has 1 aromatic rings. The van der Waals surface area contributed by atoms with Gasteiger partial charge in [-0.3, -0.25) is 0 Å². The molecule has 0 heterocycles. The van der Waals surface area contributed by atoms with Crippen molar-refractivity contribution in [2.75, 3.05) is 5.73 Å². The van der Waals surface area contributed by atoms with Crippen molar-refractivity contribution in [2.45, 2.75) is 20.3 Å². The number of hydrogen-bond acceptors (Lipinski definition) is 3. The highest BCUT2D eigenvalue weighted by atomic mass is 16.4. The molecule has 0 spiro atoms. The molecule has 0 saturated heterocycles. The van der Waals surface area contributed by atoms with Crippen molar-refractivity contribution < 1.29 is 5.21 Å². The predicted octanol–water partition coefficient (Wildman–Crippen LogP) is 2.17. The van der Waals surface area contributed by atoms with Gasteiger partial charge in [-0.15, -0.1) is 0 Å². The zero-order valence-electron chi connectivity index (χ0n) is 7.91. The molecular formula is C10H14N2O. The van der Waals surface area contributed by atoms with E-state index in [9.17, 15) is 0 Å². The number of hydrogen-bond donors (Lipinski definition) is 2. The van der Waals surface area contributed by atoms with E-state index in [-0.39, 0.29) is 0 Å². The highest BCUT2D eigenvalue weighted by Crippen LogP contribution is 2.14. The van der Waals surface area contributed by atoms with E-state index < -0.39 is 0 Å². The highest BCUT2D eigenvalue weighted by molar-refractivity contribution is 6.00. The van der Waals surface area contributed by atoms with Gasteiger partial charge in [-0.25, -0.2) is 0 Å². The van der Waals surface area contributed by atoms with Gasteiger partial charge in [-0.1, -0.05) is 24.2 Å². The predicted molar refractivity (Wildman–Crippen MR) is 54.2 cm³/mol. The Hall–Kier alpha value is -1.51. The summed E-state index contributed by atoms with van der Waals surface area (Å²) in [6, 6.07) is 5.66. The van der Waals surface area contributed by atoms with E-state index in [4.69, 9.17) is 10.9 Å². The molecule has 0 saturated carbocycles. The Labute approximate surface area is 77.9 Å². The summed E-state index contributed by atoms with van der Waals surface area (Å²) in [5.41, 5.74) is 9.04. The minimum atomic E-state index is 0.659. The van der Waals surface area contributed by atoms with Crippen molar-refractivity contribution in [1.82, 2.24) is 0 Å². The second-order valence-corrected chi connectivity index (χ2v) is 2.97. The fourth-order valence-corrected chi connectivity index (χ4v) is 1.15. The first kappa shape index (κ1) is 9.58. The maximum atomic E-state index is 8.69. The molecule has 3 nitrogen and oxygen atoms in total. The van der Waals surface area contributed by atoms with Gasteiger partial charge in [-0.2, -0.15) is 0 Å². The van der Waals surface area contributed by atoms with Crippen molar-refractivity contribution in [2.24, 2.45) is 5.16 Å². The van der Waals surface area contributed by atoms with Crippen LogP contribution in [0, 0.1) is 6.92 Å². The van der Waals surface area contributed by atoms with Crippen molar-refractivity contribution in [3.8, 4) is 0 Å². The van der Waals surface area contributed by atoms with E-state index in [1.165, 1.54) is 0 Å². The van der Waals surface area contributed by atoms with Crippen LogP contribution in [0.4, 0.5) is 5.69 Å². The number of nitrogens with two attached hydrogens (primary N) is 1. The molecule has 0 bridgehead atoms. The normalized spacial score (nSPS) is 11.7. The molecule has 0 aliphatic carbocycles. The summed E-state index contributed by atoms with van der Waals surface area (Å²) in [4.78, 5) is 0. The molecule has 3 heteroatoms. The van der Waals surface area contributed by atoms with Gasteiger partial charge in [-0.05, 0) is 25.0 Å². The van der Waals surface area contributed by atoms with Crippen molar-refractivity contribution in [3.05, 3.63) is 29.3 Å². The molecule has 0 atom stereocenters. The first-order chi connectivity index (χ1) is 6.19. The Morgan fingerprint density at radius 2 is 2.23 bits per heavy atom. The second kappa shape index (κ2) is 3.94. The summed E-state index contributed by atoms with van der Waals surface area (Å²) in [5.74, 6) is 0. The third-order valence-electron chi connectivity index (χ3n) is 2.07. The van der Waals surface area contributed by atoms with Gasteiger partial charge in [0.05, 0.1) is 5.71 Å². The van der Waals surface area contributed by atoms with Gasteiger partial charge in [0.1, 0.15) is 0 Å². The Balaban J connectivity index is 3.10. The second-order valence-electron chi connectivity index (χ2n) is 2.97. The number of aryl methyl sites for hydroxylation is 1. The molecule has 0 unspecified atom stereocenters. The molecule has 1 aromatic carbocycles. The number of oxime groups is 1. The number of nitrogens with zero attached hydrogens (tertiary/aromatic N) is 1. The summed E-state index contributed by atoms with van der Waals surface area (Å²) >= 11 is 0. The third-order valence-corrected chi connectivity index (χ3v) is 2.07. The van der Waals surface area contributed by atoms with Gasteiger partial charge in [0.15, 0.2) is 0 Å². The molecule has 0 aliphatic rings. The largest absolute Gasteiger partial charge is 0.411 e. The van der Waals surface area contributed by atoms with Gasteiger partial charge < -0.3 is 10.9 Å². The van der Waals surface area contributed by atoms with Crippen LogP contribution in [-0.2, 0) is 0 Å². The van der Waals surface area contributed by atoms with E-state index in [2.05, 4.69) is 5.16 Å². The smallest absolute Gasteiger partial charge is 0.0865 e. The van der Waals surface area contributed by atoms with Crippen LogP contribution in [0.1, 0.15) is 24.5 Å². The lowest BCUT2D eigenvalue weighted by Crippen LogP contribution is -2.00. The Kier molecular flexibility index (Phi) is 2.90. The standard InChI is InChI=1S/C10H14N2O/c1-3-10(12-13)8-5-4-7(2)9(11)6-8/h4-6,13H,3,11H2,1-2H3/b12-10+. The Morgan fingerprint density at radius 1 is 1.54 bits per heavy atom. The summed E-state index contributed by atoms with van der Waals surface area (Å²) < 4.78 is 0. The monoisotopic (exact) mass is 178 g/mol. The van der Waals surface area contributed by atoms with E-state index in [0.717, 1.165) is 16.8 Å². The highest BCUT2D eigenvalue weighted by Gasteiger charge is 2.02. The molecule has 1 rings (SSSR count). The lowest BCUT2D eigenvalue weighted by Gasteiger charge is -2.04. The molecule has 0 amide bonds. The van der Waals surface area contributed by atoms with Crippen LogP contribution < -0.4 is 5.73 Å². The number of rotatable bonds is 2. The summed E-state index contributed by atoms with van der Waals surface area (Å²) in [5, 5.41) is 11.9. The SMILES string of the molecule is CC/C(=N\O)c1ccc(C)c(N)c1. The van der Waals surface area contributed by atoms with E-state index in [0.29, 0.717) is 12.1 Å². The van der Waals surface area contributed by atoms with E-state index in [1.54, 1.807) is 0 Å². The first-order valence-electron chi connectivity index (χ1n) is 4.26. The average molecular weight is 178 g/mol. The maximum Gasteiger partial charge on any atom is 0.0865 e. The van der Waals surface area contributed by atoms with Gasteiger partial charge in [0, 0.05) is 11.3 Å². The van der Waals surface area contributed by atoms with E-state index >= 15 is 0 Å². The zero-order valence-corrected chi connectivity index (χ0v) is 7.91. The first-order valence-corrected chi connectivity index (χ1v) is 4.26. The van der Waals surface area contributed by atoms with Crippen LogP contribution in [0.5, 0.6) is 0 Å². The molecule has 3 N–H and O–H groups in total. The Morgan fingerprint density at radius 3 is 2.69 bits per heavy atom. The zero-order chi connectivity index (χ0) is 9.84. The molecule has 0 aromatic heterocycles. The number of benzene rings is 1. The molecule has 13 heavy (non-hydrogen) atoms. The molecule has 0 aliphatic heterocycles. The van der Waals surface area contributed by atoms with Gasteiger partial charge in [0.2, 0.25) is 0 Å². The number of anilines is 1. The van der Waals surface area contributed by atoms with Crippen molar-refractivity contribution in [1.29, 1.82) is 0 Å². The number of nitrogen functional groups attached to an aromatic ring is 1. The van der Waals surface area contributed by atoms with Crippen LogP contribution in [0.25, 0.3) is 0 Å². The average Bonchev–Trinajstić information content (AvgIpc) is 2.13. The minimum Gasteiger partial charge on any atom is -0.411 e. The maximum absolute atomic E-state index is 8.69.